The van der Waals surface area contributed by atoms with Crippen LogP contribution in [0.2, 0.25) is 32.7 Å². The molecule has 0 spiro atoms. The second kappa shape index (κ2) is 9.66. The molecule has 5 rings (SSSR count). The second-order valence-electron chi connectivity index (χ2n) is 11.4. The molecule has 3 aromatic carbocycles. The standard InChI is InChI=1S/C14H19O2Si.C13H9.C2H7Si.2ClH.Zr/c1-17(2,3)16-11-10-15-14-9-8-12-6-4-5-7-13(12)14;1-3-7-12-10(5-1)9-11-6-2-4-8-13(11)12;1-3-2;;;/h4-9H,10-11H2,1-3H3;1-9H;3H,1-2H3;2*1H;/q;;;;;+2/p-2. The molecular formula is C29H35Cl2O2Si2Zr. The van der Waals surface area contributed by atoms with Gasteiger partial charge in [0.15, 0.2) is 0 Å². The third kappa shape index (κ3) is 4.38. The molecular weight excluding hydrogens is 599 g/mol. The van der Waals surface area contributed by atoms with E-state index in [1.807, 2.05) is 0 Å². The summed E-state index contributed by atoms with van der Waals surface area (Å²) in [5.74, 6) is -0.652. The molecule has 0 fully saturated rings. The van der Waals surface area contributed by atoms with Crippen LogP contribution in [-0.2, 0) is 24.7 Å². The maximum atomic E-state index is 8.23. The fourth-order valence-electron chi connectivity index (χ4n) is 6.03. The predicted octanol–water partition coefficient (Wildman–Crippen LogP) is 8.70. The van der Waals surface area contributed by atoms with Crippen molar-refractivity contribution in [2.75, 3.05) is 13.2 Å². The van der Waals surface area contributed by atoms with Gasteiger partial charge in [-0.2, -0.15) is 0 Å². The molecule has 0 heterocycles. The zero-order valence-electron chi connectivity index (χ0n) is 21.7. The fourth-order valence-corrected chi connectivity index (χ4v) is 35.3. The van der Waals surface area contributed by atoms with Crippen molar-refractivity contribution in [1.29, 1.82) is 0 Å². The molecule has 2 aliphatic carbocycles. The van der Waals surface area contributed by atoms with E-state index < -0.39 is 29.8 Å². The van der Waals surface area contributed by atoms with Crippen LogP contribution in [0.5, 0.6) is 0 Å². The fraction of sp³-hybridized carbons (Fsp3) is 0.310. The van der Waals surface area contributed by atoms with Gasteiger partial charge in [-0.1, -0.05) is 0 Å². The van der Waals surface area contributed by atoms with Gasteiger partial charge < -0.3 is 0 Å². The van der Waals surface area contributed by atoms with Gasteiger partial charge in [-0.15, -0.1) is 0 Å². The summed E-state index contributed by atoms with van der Waals surface area (Å²) < 4.78 is 12.5. The maximum absolute atomic E-state index is 8.23. The number of fused-ring (bicyclic) bond motifs is 4. The molecule has 0 aliphatic heterocycles. The summed E-state index contributed by atoms with van der Waals surface area (Å²) in [6, 6.07) is 26.0. The van der Waals surface area contributed by atoms with Crippen LogP contribution in [0.15, 0.2) is 78.9 Å². The third-order valence-corrected chi connectivity index (χ3v) is 60.7. The van der Waals surface area contributed by atoms with E-state index in [1.165, 1.54) is 27.8 Å². The minimum atomic E-state index is -4.66. The quantitative estimate of drug-likeness (QED) is 0.183. The van der Waals surface area contributed by atoms with Crippen molar-refractivity contribution in [3.05, 3.63) is 101 Å². The first-order valence-corrected chi connectivity index (χ1v) is 32.6. The zero-order chi connectivity index (χ0) is 25.7. The Labute approximate surface area is 225 Å². The average Bonchev–Trinajstić information content (AvgIpc) is 3.39. The van der Waals surface area contributed by atoms with Gasteiger partial charge in [0.05, 0.1) is 0 Å². The molecule has 0 amide bonds. The number of hydrogen-bond donors (Lipinski definition) is 0. The van der Waals surface area contributed by atoms with Gasteiger partial charge in [-0.05, 0) is 0 Å². The van der Waals surface area contributed by atoms with Gasteiger partial charge in [0.1, 0.15) is 0 Å². The number of allylic oxidation sites excluding steroid dienone is 1. The molecule has 1 unspecified atom stereocenters. The van der Waals surface area contributed by atoms with Crippen molar-refractivity contribution in [3.63, 3.8) is 0 Å². The predicted molar refractivity (Wildman–Crippen MR) is 157 cm³/mol. The van der Waals surface area contributed by atoms with Crippen LogP contribution in [-0.4, -0.2) is 27.5 Å². The van der Waals surface area contributed by atoms with Crippen LogP contribution < -0.4 is 0 Å². The van der Waals surface area contributed by atoms with Crippen molar-refractivity contribution in [3.8, 4) is 11.1 Å². The van der Waals surface area contributed by atoms with Crippen LogP contribution in [0.4, 0.5) is 0 Å². The second-order valence-corrected chi connectivity index (χ2v) is 58.5. The van der Waals surface area contributed by atoms with Gasteiger partial charge in [0.25, 0.3) is 0 Å². The van der Waals surface area contributed by atoms with Crippen LogP contribution in [0.1, 0.15) is 29.5 Å². The van der Waals surface area contributed by atoms with Crippen LogP contribution in [0, 0.1) is 0 Å². The molecule has 36 heavy (non-hydrogen) atoms. The third-order valence-electron chi connectivity index (χ3n) is 7.84. The van der Waals surface area contributed by atoms with E-state index in [9.17, 15) is 0 Å². The van der Waals surface area contributed by atoms with E-state index in [-0.39, 0.29) is 7.25 Å². The van der Waals surface area contributed by atoms with Gasteiger partial charge >= 0.3 is 227 Å². The molecule has 0 N–H and O–H groups in total. The molecule has 2 nitrogen and oxygen atoms in total. The van der Waals surface area contributed by atoms with Crippen molar-refractivity contribution < 1.29 is 24.7 Å². The van der Waals surface area contributed by atoms with Crippen molar-refractivity contribution in [2.24, 2.45) is 0 Å². The summed E-state index contributed by atoms with van der Waals surface area (Å²) in [6.45, 7) is 12.5. The molecule has 1 atom stereocenters. The number of hydrogen-bond acceptors (Lipinski definition) is 2. The van der Waals surface area contributed by atoms with Crippen molar-refractivity contribution >= 4 is 37.0 Å². The van der Waals surface area contributed by atoms with Crippen LogP contribution in [0.25, 0.3) is 16.9 Å². The molecule has 3 aromatic rings. The summed E-state index contributed by atoms with van der Waals surface area (Å²) in [7, 11) is 14.9. The van der Waals surface area contributed by atoms with Crippen molar-refractivity contribution in [1.82, 2.24) is 0 Å². The molecule has 7 heteroatoms. The number of halogens is 2. The van der Waals surface area contributed by atoms with Crippen LogP contribution >= 0.6 is 17.0 Å². The van der Waals surface area contributed by atoms with E-state index >= 15 is 0 Å². The van der Waals surface area contributed by atoms with Crippen LogP contribution in [0.3, 0.4) is 0 Å². The van der Waals surface area contributed by atoms with E-state index in [1.54, 1.807) is 0 Å². The molecule has 0 saturated carbocycles. The Bertz CT molecular complexity index is 1290. The Morgan fingerprint density at radius 2 is 1.25 bits per heavy atom. The topological polar surface area (TPSA) is 18.5 Å². The Balaban J connectivity index is 1.62. The average molecular weight is 634 g/mol. The summed E-state index contributed by atoms with van der Waals surface area (Å²) in [5, 5.41) is 0. The Morgan fingerprint density at radius 1 is 0.750 bits per heavy atom. The molecule has 0 bridgehead atoms. The molecule has 2 aliphatic rings. The van der Waals surface area contributed by atoms with Gasteiger partial charge in [0, 0.05) is 0 Å². The Morgan fingerprint density at radius 3 is 1.78 bits per heavy atom. The summed E-state index contributed by atoms with van der Waals surface area (Å²) >= 11 is -4.66. The van der Waals surface area contributed by atoms with E-state index in [0.29, 0.717) is 13.2 Å². The molecule has 0 saturated heterocycles. The van der Waals surface area contributed by atoms with E-state index in [4.69, 9.17) is 26.2 Å². The number of rotatable bonds is 8. The van der Waals surface area contributed by atoms with E-state index in [0.717, 1.165) is 11.3 Å². The number of ether oxygens (including phenoxy) is 1. The number of benzene rings is 3. The SMILES string of the molecule is C[SiH](C)[Zr]([Cl])([Cl])([CH]1C=C(OCCO[Si](C)(C)C)c2ccccc21)[CH]1c2ccccc2-c2ccccc21. The van der Waals surface area contributed by atoms with E-state index in [2.05, 4.69) is 112 Å². The van der Waals surface area contributed by atoms with Gasteiger partial charge in [0.2, 0.25) is 0 Å². The molecule has 189 valence electrons. The zero-order valence-corrected chi connectivity index (χ0v) is 27.8. The molecule has 0 aromatic heterocycles. The first kappa shape index (κ1) is 26.7. The Kier molecular flexibility index (Phi) is 7.16. The molecule has 0 radical (unpaired) electrons. The minimum absolute atomic E-state index is 0.00904. The first-order chi connectivity index (χ1) is 17.0. The van der Waals surface area contributed by atoms with Crippen molar-refractivity contribution in [2.45, 2.75) is 40.0 Å². The Hall–Kier alpha value is -0.943. The summed E-state index contributed by atoms with van der Waals surface area (Å²) in [4.78, 5) is 0. The summed E-state index contributed by atoms with van der Waals surface area (Å²) in [6.07, 6.45) is 2.28. The first-order valence-electron chi connectivity index (χ1n) is 12.9. The monoisotopic (exact) mass is 631 g/mol. The normalized spacial score (nSPS) is 18.3. The summed E-state index contributed by atoms with van der Waals surface area (Å²) in [5.41, 5.74) is 7.54. The van der Waals surface area contributed by atoms with Gasteiger partial charge in [-0.3, -0.25) is 0 Å². The van der Waals surface area contributed by atoms with Gasteiger partial charge in [-0.25, -0.2) is 0 Å².